The molecule has 2 unspecified atom stereocenters. The molecule has 4 N–H and O–H groups in total. The van der Waals surface area contributed by atoms with Gasteiger partial charge in [-0.1, -0.05) is 38.5 Å². The molecule has 0 heterocycles. The second kappa shape index (κ2) is 15.9. The quantitative estimate of drug-likeness (QED) is 0.237. The lowest BCUT2D eigenvalue weighted by Gasteiger charge is -2.16. The summed E-state index contributed by atoms with van der Waals surface area (Å²) in [6.45, 7) is 0. The maximum Gasteiger partial charge on any atom is 0.306 e. The summed E-state index contributed by atoms with van der Waals surface area (Å²) in [6.07, 6.45) is 7.44. The summed E-state index contributed by atoms with van der Waals surface area (Å²) >= 11 is 0. The van der Waals surface area contributed by atoms with Gasteiger partial charge in [-0.3, -0.25) is 19.2 Å². The summed E-state index contributed by atoms with van der Waals surface area (Å²) in [6, 6.07) is 0. The van der Waals surface area contributed by atoms with Gasteiger partial charge in [0.25, 0.3) is 0 Å². The lowest BCUT2D eigenvalue weighted by atomic mass is 9.89. The smallest absolute Gasteiger partial charge is 0.306 e. The number of unbranched alkanes of at least 4 members (excludes halogenated alkanes) is 6. The molecule has 28 heavy (non-hydrogen) atoms. The summed E-state index contributed by atoms with van der Waals surface area (Å²) in [4.78, 5) is 43.7. The van der Waals surface area contributed by atoms with Gasteiger partial charge in [0.2, 0.25) is 0 Å². The molecule has 0 aliphatic heterocycles. The van der Waals surface area contributed by atoms with Crippen molar-refractivity contribution in [2.45, 2.75) is 89.9 Å². The van der Waals surface area contributed by atoms with Crippen LogP contribution in [-0.4, -0.2) is 44.3 Å². The van der Waals surface area contributed by atoms with Crippen LogP contribution in [0, 0.1) is 11.8 Å². The second-order valence-corrected chi connectivity index (χ2v) is 7.34. The topological polar surface area (TPSA) is 149 Å². The third-order valence-electron chi connectivity index (χ3n) is 4.95. The Kier molecular flexibility index (Phi) is 14.7. The van der Waals surface area contributed by atoms with E-state index in [0.29, 0.717) is 51.4 Å². The van der Waals surface area contributed by atoms with Crippen molar-refractivity contribution >= 4 is 23.9 Å². The van der Waals surface area contributed by atoms with E-state index < -0.39 is 35.7 Å². The van der Waals surface area contributed by atoms with Crippen molar-refractivity contribution < 1.29 is 39.6 Å². The molecule has 0 rings (SSSR count). The molecule has 0 spiro atoms. The molecule has 0 aliphatic rings. The summed E-state index contributed by atoms with van der Waals surface area (Å²) < 4.78 is 0. The van der Waals surface area contributed by atoms with Crippen LogP contribution in [0.25, 0.3) is 0 Å². The molecule has 0 saturated carbocycles. The number of hydrogen-bond acceptors (Lipinski definition) is 4. The molecular weight excluding hydrogens is 368 g/mol. The van der Waals surface area contributed by atoms with Crippen LogP contribution in [0.3, 0.4) is 0 Å². The Labute approximate surface area is 165 Å². The Morgan fingerprint density at radius 2 is 0.786 bits per heavy atom. The molecule has 0 fully saturated rings. The molecule has 0 aromatic rings. The highest BCUT2D eigenvalue weighted by Crippen LogP contribution is 2.23. The van der Waals surface area contributed by atoms with Gasteiger partial charge in [-0.25, -0.2) is 0 Å². The first-order valence-electron chi connectivity index (χ1n) is 10.1. The highest BCUT2D eigenvalue weighted by Gasteiger charge is 2.22. The number of rotatable bonds is 19. The minimum absolute atomic E-state index is 0.124. The average Bonchev–Trinajstić information content (AvgIpc) is 2.59. The second-order valence-electron chi connectivity index (χ2n) is 7.34. The minimum atomic E-state index is -0.914. The zero-order valence-electron chi connectivity index (χ0n) is 16.5. The zero-order chi connectivity index (χ0) is 21.4. The van der Waals surface area contributed by atoms with Gasteiger partial charge in [-0.05, 0) is 38.5 Å². The summed E-state index contributed by atoms with van der Waals surface area (Å²) in [5.74, 6) is -4.63. The van der Waals surface area contributed by atoms with Gasteiger partial charge in [-0.15, -0.1) is 0 Å². The fourth-order valence-electron chi connectivity index (χ4n) is 3.23. The molecule has 0 amide bonds. The third kappa shape index (κ3) is 15.0. The van der Waals surface area contributed by atoms with Crippen LogP contribution in [0.5, 0.6) is 0 Å². The van der Waals surface area contributed by atoms with E-state index in [4.69, 9.17) is 10.2 Å². The van der Waals surface area contributed by atoms with Crippen molar-refractivity contribution in [2.24, 2.45) is 11.8 Å². The van der Waals surface area contributed by atoms with Gasteiger partial charge >= 0.3 is 23.9 Å². The predicted octanol–water partition coefficient (Wildman–Crippen LogP) is 4.02. The molecule has 0 bridgehead atoms. The van der Waals surface area contributed by atoms with Crippen LogP contribution >= 0.6 is 0 Å². The molecule has 162 valence electrons. The summed E-state index contributed by atoms with van der Waals surface area (Å²) in [5.41, 5.74) is 0. The Bertz CT molecular complexity index is 445. The lowest BCUT2D eigenvalue weighted by molar-refractivity contribution is -0.145. The molecule has 8 heteroatoms. The first-order chi connectivity index (χ1) is 13.2. The lowest BCUT2D eigenvalue weighted by Crippen LogP contribution is -2.19. The van der Waals surface area contributed by atoms with Gasteiger partial charge in [0.1, 0.15) is 0 Å². The van der Waals surface area contributed by atoms with E-state index >= 15 is 0 Å². The number of carbonyl (C=O) groups is 4. The SMILES string of the molecule is O=C(O)CCCCCCC(CCC(CCCCCCC(=O)O)C(=O)O)C(=O)O. The average molecular weight is 402 g/mol. The molecule has 2 atom stereocenters. The Morgan fingerprint density at radius 3 is 1.07 bits per heavy atom. The van der Waals surface area contributed by atoms with Crippen molar-refractivity contribution in [3.63, 3.8) is 0 Å². The van der Waals surface area contributed by atoms with Gasteiger partial charge in [0, 0.05) is 12.8 Å². The van der Waals surface area contributed by atoms with E-state index in [1.165, 1.54) is 0 Å². The van der Waals surface area contributed by atoms with Gasteiger partial charge in [-0.2, -0.15) is 0 Å². The van der Waals surface area contributed by atoms with Crippen LogP contribution in [0.15, 0.2) is 0 Å². The van der Waals surface area contributed by atoms with E-state index in [1.807, 2.05) is 0 Å². The first kappa shape index (κ1) is 25.9. The van der Waals surface area contributed by atoms with Crippen LogP contribution in [0.2, 0.25) is 0 Å². The number of aliphatic carboxylic acids is 4. The van der Waals surface area contributed by atoms with E-state index in [0.717, 1.165) is 25.7 Å². The van der Waals surface area contributed by atoms with Crippen molar-refractivity contribution in [1.82, 2.24) is 0 Å². The minimum Gasteiger partial charge on any atom is -0.481 e. The highest BCUT2D eigenvalue weighted by atomic mass is 16.4. The Balaban J connectivity index is 4.11. The third-order valence-corrected chi connectivity index (χ3v) is 4.95. The maximum absolute atomic E-state index is 11.4. The van der Waals surface area contributed by atoms with Gasteiger partial charge in [0.05, 0.1) is 11.8 Å². The summed E-state index contributed by atoms with van der Waals surface area (Å²) in [5, 5.41) is 35.8. The molecule has 8 nitrogen and oxygen atoms in total. The van der Waals surface area contributed by atoms with E-state index in [2.05, 4.69) is 0 Å². The fraction of sp³-hybridized carbons (Fsp3) is 0.800. The van der Waals surface area contributed by atoms with Gasteiger partial charge in [0.15, 0.2) is 0 Å². The number of carboxylic acid groups (broad SMARTS) is 4. The largest absolute Gasteiger partial charge is 0.481 e. The van der Waals surface area contributed by atoms with Crippen molar-refractivity contribution in [2.75, 3.05) is 0 Å². The molecule has 0 saturated heterocycles. The van der Waals surface area contributed by atoms with Crippen LogP contribution < -0.4 is 0 Å². The normalized spacial score (nSPS) is 13.0. The zero-order valence-corrected chi connectivity index (χ0v) is 16.5. The summed E-state index contributed by atoms with van der Waals surface area (Å²) in [7, 11) is 0. The monoisotopic (exact) mass is 402 g/mol. The predicted molar refractivity (Wildman–Crippen MR) is 102 cm³/mol. The molecule has 0 aromatic carbocycles. The molecule has 0 radical (unpaired) electrons. The number of hydrogen-bond donors (Lipinski definition) is 4. The van der Waals surface area contributed by atoms with Crippen molar-refractivity contribution in [1.29, 1.82) is 0 Å². The van der Waals surface area contributed by atoms with Crippen LogP contribution in [0.4, 0.5) is 0 Å². The first-order valence-corrected chi connectivity index (χ1v) is 10.1. The van der Waals surface area contributed by atoms with Crippen molar-refractivity contribution in [3.8, 4) is 0 Å². The Hall–Kier alpha value is -2.12. The molecule has 0 aliphatic carbocycles. The highest BCUT2D eigenvalue weighted by molar-refractivity contribution is 5.71. The van der Waals surface area contributed by atoms with Crippen LogP contribution in [0.1, 0.15) is 89.9 Å². The van der Waals surface area contributed by atoms with E-state index in [-0.39, 0.29) is 12.8 Å². The van der Waals surface area contributed by atoms with E-state index in [1.54, 1.807) is 0 Å². The maximum atomic E-state index is 11.4. The molecule has 0 aromatic heterocycles. The van der Waals surface area contributed by atoms with Crippen molar-refractivity contribution in [3.05, 3.63) is 0 Å². The van der Waals surface area contributed by atoms with Crippen LogP contribution in [-0.2, 0) is 19.2 Å². The molecular formula is C20H34O8. The van der Waals surface area contributed by atoms with Gasteiger partial charge < -0.3 is 20.4 Å². The Morgan fingerprint density at radius 1 is 0.464 bits per heavy atom. The fourth-order valence-corrected chi connectivity index (χ4v) is 3.23. The number of carboxylic acids is 4. The van der Waals surface area contributed by atoms with E-state index in [9.17, 15) is 29.4 Å². The standard InChI is InChI=1S/C20H34O8/c21-17(22)11-7-3-1-5-9-15(19(25)26)13-14-16(20(27)28)10-6-2-4-8-12-18(23)24/h15-16H,1-14H2,(H,21,22)(H,23,24)(H,25,26)(H,27,28).